The minimum Gasteiger partial charge on any atom is -0.383 e. The molecule has 1 heterocycles. The van der Waals surface area contributed by atoms with Gasteiger partial charge in [0.05, 0.1) is 11.6 Å². The van der Waals surface area contributed by atoms with Crippen LogP contribution in [0.4, 0.5) is 5.82 Å². The molecule has 3 N–H and O–H groups in total. The highest BCUT2D eigenvalue weighted by molar-refractivity contribution is 7.89. The molecule has 16 heavy (non-hydrogen) atoms. The predicted octanol–water partition coefficient (Wildman–Crippen LogP) is 0.242. The molecule has 0 spiro atoms. The van der Waals surface area contributed by atoms with E-state index in [0.717, 1.165) is 6.20 Å². The van der Waals surface area contributed by atoms with Crippen LogP contribution in [0.5, 0.6) is 0 Å². The number of nitrogens with zero attached hydrogens (tertiary/aromatic N) is 1. The summed E-state index contributed by atoms with van der Waals surface area (Å²) in [6.45, 7) is 0.468. The number of aromatic nitrogens is 1. The van der Waals surface area contributed by atoms with E-state index >= 15 is 0 Å². The molecule has 0 atom stereocenters. The average molecular weight is 266 g/mol. The maximum absolute atomic E-state index is 11.7. The highest BCUT2D eigenvalue weighted by Crippen LogP contribution is 2.19. The third-order valence-corrected chi connectivity index (χ3v) is 3.48. The van der Waals surface area contributed by atoms with Gasteiger partial charge in [-0.3, -0.25) is 0 Å². The van der Waals surface area contributed by atoms with Gasteiger partial charge >= 0.3 is 0 Å². The van der Waals surface area contributed by atoms with Crippen molar-refractivity contribution >= 4 is 27.4 Å². The monoisotopic (exact) mass is 265 g/mol. The largest absolute Gasteiger partial charge is 0.383 e. The van der Waals surface area contributed by atoms with E-state index in [1.54, 1.807) is 0 Å². The van der Waals surface area contributed by atoms with Gasteiger partial charge in [-0.15, -0.1) is 0 Å². The van der Waals surface area contributed by atoms with E-state index in [2.05, 4.69) is 9.71 Å². The zero-order valence-electron chi connectivity index (χ0n) is 8.60. The third-order valence-electron chi connectivity index (χ3n) is 1.75. The van der Waals surface area contributed by atoms with Crippen molar-refractivity contribution in [2.75, 3.05) is 26.0 Å². The Morgan fingerprint density at radius 1 is 1.62 bits per heavy atom. The number of anilines is 1. The Morgan fingerprint density at radius 2 is 2.31 bits per heavy atom. The van der Waals surface area contributed by atoms with Gasteiger partial charge in [-0.1, -0.05) is 11.6 Å². The number of halogens is 1. The van der Waals surface area contributed by atoms with Gasteiger partial charge in [-0.25, -0.2) is 18.1 Å². The quantitative estimate of drug-likeness (QED) is 0.744. The Kier molecular flexibility index (Phi) is 4.48. The van der Waals surface area contributed by atoms with Crippen molar-refractivity contribution in [1.29, 1.82) is 0 Å². The molecule has 0 unspecified atom stereocenters. The molecule has 0 aromatic carbocycles. The van der Waals surface area contributed by atoms with Gasteiger partial charge in [0.25, 0.3) is 0 Å². The van der Waals surface area contributed by atoms with Crippen molar-refractivity contribution in [3.63, 3.8) is 0 Å². The summed E-state index contributed by atoms with van der Waals surface area (Å²) in [6, 6.07) is 1.25. The molecule has 0 radical (unpaired) electrons. The molecule has 0 saturated carbocycles. The highest BCUT2D eigenvalue weighted by atomic mass is 35.5. The Labute approximate surface area is 98.8 Å². The van der Waals surface area contributed by atoms with Crippen molar-refractivity contribution < 1.29 is 13.2 Å². The number of ether oxygens (including phenoxy) is 1. The Balaban J connectivity index is 2.86. The van der Waals surface area contributed by atoms with Crippen LogP contribution in [-0.4, -0.2) is 33.7 Å². The Bertz CT molecular complexity index is 464. The molecule has 0 aliphatic carbocycles. The van der Waals surface area contributed by atoms with E-state index in [1.165, 1.54) is 13.2 Å². The molecule has 8 heteroatoms. The van der Waals surface area contributed by atoms with E-state index in [1.807, 2.05) is 0 Å². The topological polar surface area (TPSA) is 94.3 Å². The van der Waals surface area contributed by atoms with Gasteiger partial charge in [0, 0.05) is 19.9 Å². The van der Waals surface area contributed by atoms with E-state index < -0.39 is 10.0 Å². The summed E-state index contributed by atoms with van der Waals surface area (Å²) in [6.07, 6.45) is 1.15. The van der Waals surface area contributed by atoms with Crippen molar-refractivity contribution in [2.24, 2.45) is 0 Å². The second kappa shape index (κ2) is 5.44. The molecule has 1 aromatic heterocycles. The summed E-state index contributed by atoms with van der Waals surface area (Å²) >= 11 is 5.68. The van der Waals surface area contributed by atoms with Gasteiger partial charge in [0.2, 0.25) is 10.0 Å². The summed E-state index contributed by atoms with van der Waals surface area (Å²) in [5.74, 6) is 0.0949. The molecule has 1 rings (SSSR count). The molecule has 0 amide bonds. The zero-order valence-corrected chi connectivity index (χ0v) is 10.2. The number of methoxy groups -OCH3 is 1. The second-order valence-electron chi connectivity index (χ2n) is 2.93. The van der Waals surface area contributed by atoms with Gasteiger partial charge < -0.3 is 10.5 Å². The fourth-order valence-corrected chi connectivity index (χ4v) is 2.15. The van der Waals surface area contributed by atoms with Crippen molar-refractivity contribution in [3.05, 3.63) is 17.3 Å². The number of rotatable bonds is 5. The molecule has 0 aliphatic heterocycles. The second-order valence-corrected chi connectivity index (χ2v) is 5.10. The van der Waals surface area contributed by atoms with Crippen molar-refractivity contribution in [3.8, 4) is 0 Å². The first-order valence-electron chi connectivity index (χ1n) is 4.37. The molecule has 6 nitrogen and oxygen atoms in total. The van der Waals surface area contributed by atoms with Crippen LogP contribution in [0.1, 0.15) is 0 Å². The minimum atomic E-state index is -3.60. The summed E-state index contributed by atoms with van der Waals surface area (Å²) in [7, 11) is -2.12. The van der Waals surface area contributed by atoms with Crippen LogP contribution < -0.4 is 10.5 Å². The number of nitrogen functional groups attached to an aromatic ring is 1. The maximum Gasteiger partial charge on any atom is 0.242 e. The van der Waals surface area contributed by atoms with E-state index in [9.17, 15) is 8.42 Å². The summed E-state index contributed by atoms with van der Waals surface area (Å²) in [5.41, 5.74) is 5.38. The molecule has 0 bridgehead atoms. The number of nitrogens with two attached hydrogens (primary N) is 1. The first-order chi connectivity index (χ1) is 7.47. The van der Waals surface area contributed by atoms with E-state index in [4.69, 9.17) is 22.1 Å². The molecular formula is C8H12ClN3O3S. The van der Waals surface area contributed by atoms with Crippen LogP contribution in [0.2, 0.25) is 5.02 Å². The number of hydrogen-bond acceptors (Lipinski definition) is 5. The number of sulfonamides is 1. The summed E-state index contributed by atoms with van der Waals surface area (Å²) < 4.78 is 30.4. The van der Waals surface area contributed by atoms with Crippen molar-refractivity contribution in [1.82, 2.24) is 9.71 Å². The molecule has 0 saturated heterocycles. The fraction of sp³-hybridized carbons (Fsp3) is 0.375. The fourth-order valence-electron chi connectivity index (χ4n) is 0.939. The van der Waals surface area contributed by atoms with Crippen LogP contribution in [0, 0.1) is 0 Å². The van der Waals surface area contributed by atoms with Crippen LogP contribution in [0.15, 0.2) is 17.2 Å². The summed E-state index contributed by atoms with van der Waals surface area (Å²) in [4.78, 5) is 3.64. The average Bonchev–Trinajstić information content (AvgIpc) is 2.22. The van der Waals surface area contributed by atoms with Gasteiger partial charge in [-0.05, 0) is 6.07 Å². The van der Waals surface area contributed by atoms with Crippen molar-refractivity contribution in [2.45, 2.75) is 4.90 Å². The lowest BCUT2D eigenvalue weighted by molar-refractivity contribution is 0.204. The number of pyridine rings is 1. The van der Waals surface area contributed by atoms with Crippen LogP contribution >= 0.6 is 11.6 Å². The maximum atomic E-state index is 11.7. The van der Waals surface area contributed by atoms with Crippen LogP contribution in [-0.2, 0) is 14.8 Å². The third kappa shape index (κ3) is 3.31. The number of nitrogens with one attached hydrogen (secondary N) is 1. The standard InChI is InChI=1S/C8H12ClN3O3S/c1-15-3-2-12-16(13,14)6-4-7(9)8(10)11-5-6/h4-5,12H,2-3H2,1H3,(H2,10,11). The van der Waals surface area contributed by atoms with E-state index in [-0.39, 0.29) is 28.9 Å². The van der Waals surface area contributed by atoms with Crippen LogP contribution in [0.25, 0.3) is 0 Å². The SMILES string of the molecule is COCCNS(=O)(=O)c1cnc(N)c(Cl)c1. The smallest absolute Gasteiger partial charge is 0.242 e. The minimum absolute atomic E-state index is 0.0252. The molecule has 0 aliphatic rings. The van der Waals surface area contributed by atoms with Gasteiger partial charge in [0.15, 0.2) is 0 Å². The first kappa shape index (κ1) is 13.2. The molecule has 90 valence electrons. The lowest BCUT2D eigenvalue weighted by Crippen LogP contribution is -2.27. The Morgan fingerprint density at radius 3 is 2.88 bits per heavy atom. The molecule has 0 fully saturated rings. The highest BCUT2D eigenvalue weighted by Gasteiger charge is 2.15. The lowest BCUT2D eigenvalue weighted by atomic mass is 10.5. The van der Waals surface area contributed by atoms with Crippen LogP contribution in [0.3, 0.4) is 0 Å². The zero-order chi connectivity index (χ0) is 12.2. The van der Waals surface area contributed by atoms with Gasteiger partial charge in [0.1, 0.15) is 10.7 Å². The number of hydrogen-bond donors (Lipinski definition) is 2. The molecular weight excluding hydrogens is 254 g/mol. The summed E-state index contributed by atoms with van der Waals surface area (Å²) in [5, 5.41) is 0.106. The Hall–Kier alpha value is -0.890. The molecule has 1 aromatic rings. The predicted molar refractivity (Wildman–Crippen MR) is 60.7 cm³/mol. The first-order valence-corrected chi connectivity index (χ1v) is 6.23. The van der Waals surface area contributed by atoms with E-state index in [0.29, 0.717) is 0 Å². The van der Waals surface area contributed by atoms with Gasteiger partial charge in [-0.2, -0.15) is 0 Å². The lowest BCUT2D eigenvalue weighted by Gasteiger charge is -2.06. The normalized spacial score (nSPS) is 11.6.